The Morgan fingerprint density at radius 2 is 0.594 bits per heavy atom. The number of unbranched alkanes of at least 4 members (excludes halogenated alkanes) is 21. The summed E-state index contributed by atoms with van der Waals surface area (Å²) in [6.45, 7) is 6.42. The van der Waals surface area contributed by atoms with Crippen molar-refractivity contribution in [3.05, 3.63) is 109 Å². The van der Waals surface area contributed by atoms with Crippen LogP contribution in [0.4, 0.5) is 0 Å². The van der Waals surface area contributed by atoms with E-state index in [9.17, 15) is 14.4 Å². The van der Waals surface area contributed by atoms with E-state index in [0.717, 1.165) is 141 Å². The number of carbonyl (C=O) groups is 3. The van der Waals surface area contributed by atoms with E-state index in [0.29, 0.717) is 19.3 Å². The molecule has 0 aromatic heterocycles. The molecule has 0 amide bonds. The van der Waals surface area contributed by atoms with Gasteiger partial charge < -0.3 is 14.2 Å². The Labute approximate surface area is 425 Å². The predicted octanol–water partition coefficient (Wildman–Crippen LogP) is 19.1. The molecule has 0 saturated heterocycles. The molecule has 0 radical (unpaired) electrons. The Kier molecular flexibility index (Phi) is 53.4. The van der Waals surface area contributed by atoms with Gasteiger partial charge in [-0.25, -0.2) is 0 Å². The average molecular weight is 958 g/mol. The van der Waals surface area contributed by atoms with E-state index < -0.39 is 6.10 Å². The first-order chi connectivity index (χ1) is 34.0. The summed E-state index contributed by atoms with van der Waals surface area (Å²) >= 11 is 0. The largest absolute Gasteiger partial charge is 0.462 e. The SMILES string of the molecule is CC/C=C\C/C=C\C/C=C\C/C=C\C/C=C\C/C=C\C/C=C\CCCCCC(=O)OCC(COC(=O)CCCCCCCCCCCCCCC)OC(=O)CCCCCCC/C=C\C/C=C\CCC. The van der Waals surface area contributed by atoms with Gasteiger partial charge in [-0.1, -0.05) is 239 Å². The molecular weight excluding hydrogens is 853 g/mol. The smallest absolute Gasteiger partial charge is 0.306 e. The molecular formula is C63H104O6. The molecule has 6 heteroatoms. The number of carbonyl (C=O) groups excluding carboxylic acids is 3. The highest BCUT2D eigenvalue weighted by Gasteiger charge is 2.19. The highest BCUT2D eigenvalue weighted by atomic mass is 16.6. The monoisotopic (exact) mass is 957 g/mol. The van der Waals surface area contributed by atoms with Crippen LogP contribution in [0.3, 0.4) is 0 Å². The summed E-state index contributed by atoms with van der Waals surface area (Å²) in [6.07, 6.45) is 76.5. The fourth-order valence-electron chi connectivity index (χ4n) is 7.52. The first-order valence-electron chi connectivity index (χ1n) is 28.4. The molecule has 0 aliphatic rings. The van der Waals surface area contributed by atoms with E-state index in [-0.39, 0.29) is 31.1 Å². The second kappa shape index (κ2) is 56.7. The van der Waals surface area contributed by atoms with Gasteiger partial charge in [-0.3, -0.25) is 14.4 Å². The van der Waals surface area contributed by atoms with Crippen molar-refractivity contribution in [2.75, 3.05) is 13.2 Å². The summed E-state index contributed by atoms with van der Waals surface area (Å²) < 4.78 is 16.8. The van der Waals surface area contributed by atoms with Crippen LogP contribution in [0.2, 0.25) is 0 Å². The number of hydrogen-bond donors (Lipinski definition) is 0. The third-order valence-corrected chi connectivity index (χ3v) is 11.7. The molecule has 0 aromatic carbocycles. The van der Waals surface area contributed by atoms with Gasteiger partial charge in [0.25, 0.3) is 0 Å². The number of esters is 3. The normalized spacial score (nSPS) is 12.9. The third-order valence-electron chi connectivity index (χ3n) is 11.7. The lowest BCUT2D eigenvalue weighted by Crippen LogP contribution is -2.30. The number of allylic oxidation sites excluding steroid dienone is 18. The van der Waals surface area contributed by atoms with Crippen LogP contribution in [0.1, 0.15) is 252 Å². The summed E-state index contributed by atoms with van der Waals surface area (Å²) in [5, 5.41) is 0. The Morgan fingerprint density at radius 3 is 0.957 bits per heavy atom. The second-order valence-corrected chi connectivity index (χ2v) is 18.5. The van der Waals surface area contributed by atoms with Crippen molar-refractivity contribution in [2.24, 2.45) is 0 Å². The molecule has 0 aliphatic heterocycles. The lowest BCUT2D eigenvalue weighted by molar-refractivity contribution is -0.167. The van der Waals surface area contributed by atoms with Crippen LogP contribution < -0.4 is 0 Å². The molecule has 0 heterocycles. The van der Waals surface area contributed by atoms with E-state index in [2.05, 4.69) is 130 Å². The van der Waals surface area contributed by atoms with Crippen molar-refractivity contribution < 1.29 is 28.6 Å². The zero-order chi connectivity index (χ0) is 50.0. The molecule has 1 atom stereocenters. The lowest BCUT2D eigenvalue weighted by Gasteiger charge is -2.18. The van der Waals surface area contributed by atoms with Crippen LogP contribution in [0, 0.1) is 0 Å². The van der Waals surface area contributed by atoms with Gasteiger partial charge in [-0.2, -0.15) is 0 Å². The standard InChI is InChI=1S/C63H104O6/c1-4-7-10-13-16-19-22-25-26-27-28-29-30-31-32-33-34-35-36-39-41-44-47-50-53-56-62(65)68-59-60(69-63(66)57-54-51-48-45-42-38-24-21-18-15-12-9-6-3)58-67-61(64)55-52-49-46-43-40-37-23-20-17-14-11-8-5-2/h7,10,12,15-16,19,21,24-26,28-29,31-32,34-35,39,41,60H,4-6,8-9,11,13-14,17-18,20,22-23,27,30,33,36-38,40,42-59H2,1-3H3/b10-7-,15-12-,19-16-,24-21-,26-25-,29-28-,32-31-,35-34-,41-39-. The first kappa shape index (κ1) is 65.1. The summed E-state index contributed by atoms with van der Waals surface area (Å²) in [7, 11) is 0. The lowest BCUT2D eigenvalue weighted by atomic mass is 10.0. The minimum atomic E-state index is -0.799. The summed E-state index contributed by atoms with van der Waals surface area (Å²) in [5.41, 5.74) is 0. The first-order valence-corrected chi connectivity index (χ1v) is 28.4. The molecule has 0 aromatic rings. The second-order valence-electron chi connectivity index (χ2n) is 18.5. The summed E-state index contributed by atoms with van der Waals surface area (Å²) in [4.78, 5) is 38.1. The van der Waals surface area contributed by atoms with Crippen molar-refractivity contribution in [2.45, 2.75) is 258 Å². The molecule has 0 fully saturated rings. The van der Waals surface area contributed by atoms with E-state index >= 15 is 0 Å². The topological polar surface area (TPSA) is 78.9 Å². The number of rotatable bonds is 50. The quantitative estimate of drug-likeness (QED) is 0.0262. The van der Waals surface area contributed by atoms with Crippen molar-refractivity contribution in [3.8, 4) is 0 Å². The van der Waals surface area contributed by atoms with Gasteiger partial charge in [0.1, 0.15) is 13.2 Å². The van der Waals surface area contributed by atoms with Crippen LogP contribution in [-0.2, 0) is 28.6 Å². The Hall–Kier alpha value is -3.93. The predicted molar refractivity (Wildman–Crippen MR) is 297 cm³/mol. The van der Waals surface area contributed by atoms with Crippen LogP contribution >= 0.6 is 0 Å². The molecule has 0 bridgehead atoms. The Morgan fingerprint density at radius 1 is 0.304 bits per heavy atom. The van der Waals surface area contributed by atoms with Gasteiger partial charge in [-0.05, 0) is 103 Å². The minimum absolute atomic E-state index is 0.0941. The maximum absolute atomic E-state index is 12.8. The number of hydrogen-bond acceptors (Lipinski definition) is 6. The van der Waals surface area contributed by atoms with Gasteiger partial charge in [-0.15, -0.1) is 0 Å². The Bertz CT molecular complexity index is 1420. The maximum atomic E-state index is 12.8. The molecule has 0 rings (SSSR count). The van der Waals surface area contributed by atoms with Crippen LogP contribution in [-0.4, -0.2) is 37.2 Å². The fourth-order valence-corrected chi connectivity index (χ4v) is 7.52. The molecule has 6 nitrogen and oxygen atoms in total. The van der Waals surface area contributed by atoms with Crippen molar-refractivity contribution >= 4 is 17.9 Å². The average Bonchev–Trinajstić information content (AvgIpc) is 3.35. The van der Waals surface area contributed by atoms with E-state index in [1.165, 1.54) is 70.6 Å². The van der Waals surface area contributed by atoms with Gasteiger partial charge >= 0.3 is 17.9 Å². The van der Waals surface area contributed by atoms with Crippen LogP contribution in [0.25, 0.3) is 0 Å². The maximum Gasteiger partial charge on any atom is 0.306 e. The summed E-state index contributed by atoms with van der Waals surface area (Å²) in [6, 6.07) is 0. The third kappa shape index (κ3) is 54.9. The van der Waals surface area contributed by atoms with Gasteiger partial charge in [0, 0.05) is 19.3 Å². The molecule has 1 unspecified atom stereocenters. The molecule has 69 heavy (non-hydrogen) atoms. The molecule has 0 aliphatic carbocycles. The van der Waals surface area contributed by atoms with Crippen molar-refractivity contribution in [3.63, 3.8) is 0 Å². The van der Waals surface area contributed by atoms with E-state index in [1.807, 2.05) is 0 Å². The van der Waals surface area contributed by atoms with Crippen LogP contribution in [0.15, 0.2) is 109 Å². The Balaban J connectivity index is 4.41. The van der Waals surface area contributed by atoms with Crippen molar-refractivity contribution in [1.82, 2.24) is 0 Å². The van der Waals surface area contributed by atoms with Crippen LogP contribution in [0.5, 0.6) is 0 Å². The minimum Gasteiger partial charge on any atom is -0.462 e. The molecule has 0 spiro atoms. The zero-order valence-corrected chi connectivity index (χ0v) is 44.8. The zero-order valence-electron chi connectivity index (χ0n) is 44.8. The molecule has 0 saturated carbocycles. The molecule has 392 valence electrons. The van der Waals surface area contributed by atoms with E-state index in [1.54, 1.807) is 0 Å². The van der Waals surface area contributed by atoms with Gasteiger partial charge in [0.2, 0.25) is 0 Å². The number of ether oxygens (including phenoxy) is 3. The molecule has 0 N–H and O–H groups in total. The summed E-state index contributed by atoms with van der Waals surface area (Å²) in [5.74, 6) is -0.943. The highest BCUT2D eigenvalue weighted by molar-refractivity contribution is 5.71. The highest BCUT2D eigenvalue weighted by Crippen LogP contribution is 2.15. The van der Waals surface area contributed by atoms with Gasteiger partial charge in [0.15, 0.2) is 6.10 Å². The fraction of sp³-hybridized carbons (Fsp3) is 0.667. The van der Waals surface area contributed by atoms with Gasteiger partial charge in [0.05, 0.1) is 0 Å². The van der Waals surface area contributed by atoms with Crippen molar-refractivity contribution in [1.29, 1.82) is 0 Å². The van der Waals surface area contributed by atoms with E-state index in [4.69, 9.17) is 14.2 Å².